The highest BCUT2D eigenvalue weighted by Gasteiger charge is 2.53. The summed E-state index contributed by atoms with van der Waals surface area (Å²) >= 11 is 0. The molecule has 0 aliphatic heterocycles. The van der Waals surface area contributed by atoms with Gasteiger partial charge in [0.1, 0.15) is 6.07 Å². The molecule has 1 aromatic rings. The van der Waals surface area contributed by atoms with Gasteiger partial charge in [-0.3, -0.25) is 4.98 Å². The smallest absolute Gasteiger partial charge is 0.238 e. The van der Waals surface area contributed by atoms with Crippen molar-refractivity contribution in [3.63, 3.8) is 0 Å². The van der Waals surface area contributed by atoms with Gasteiger partial charge in [-0.1, -0.05) is 0 Å². The molecule has 2 rings (SSSR count). The molecule has 0 radical (unpaired) electrons. The van der Waals surface area contributed by atoms with Crippen LogP contribution in [-0.2, 0) is 15.5 Å². The van der Waals surface area contributed by atoms with Gasteiger partial charge in [-0.15, -0.1) is 0 Å². The van der Waals surface area contributed by atoms with E-state index in [1.807, 2.05) is 6.07 Å². The Morgan fingerprint density at radius 3 is 2.69 bits per heavy atom. The summed E-state index contributed by atoms with van der Waals surface area (Å²) < 4.78 is 21.9. The van der Waals surface area contributed by atoms with Gasteiger partial charge in [-0.05, 0) is 30.9 Å². The van der Waals surface area contributed by atoms with E-state index in [0.717, 1.165) is 5.56 Å². The van der Waals surface area contributed by atoms with Crippen molar-refractivity contribution in [3.05, 3.63) is 29.6 Å². The number of hydrogen-bond acceptors (Lipinski definition) is 4. The van der Waals surface area contributed by atoms with Gasteiger partial charge in [0.05, 0.1) is 10.3 Å². The summed E-state index contributed by atoms with van der Waals surface area (Å²) in [6.45, 7) is 0. The SMILES string of the molecule is N#Cc1cncc(CC2(S(=O)(=O)Cl)CC2)c1. The van der Waals surface area contributed by atoms with E-state index >= 15 is 0 Å². The first-order valence-corrected chi connectivity index (χ1v) is 7.06. The molecule has 0 spiro atoms. The fraction of sp³-hybridized carbons (Fsp3) is 0.400. The van der Waals surface area contributed by atoms with Crippen LogP contribution in [0.25, 0.3) is 0 Å². The Balaban J connectivity index is 2.26. The maximum absolute atomic E-state index is 11.4. The lowest BCUT2D eigenvalue weighted by molar-refractivity contribution is 0.590. The van der Waals surface area contributed by atoms with E-state index in [2.05, 4.69) is 4.98 Å². The molecule has 0 unspecified atom stereocenters. The van der Waals surface area contributed by atoms with Crippen molar-refractivity contribution in [2.75, 3.05) is 0 Å². The van der Waals surface area contributed by atoms with E-state index in [-0.39, 0.29) is 0 Å². The third kappa shape index (κ3) is 2.04. The van der Waals surface area contributed by atoms with Gasteiger partial charge in [0.2, 0.25) is 9.05 Å². The minimum absolute atomic E-state index is 0.335. The molecule has 1 aliphatic carbocycles. The minimum Gasteiger partial charge on any atom is -0.263 e. The standard InChI is InChI=1S/C10H9ClN2O2S/c11-16(14,15)10(1-2-10)4-8-3-9(5-12)7-13-6-8/h3,6-7H,1-2,4H2. The fourth-order valence-corrected chi connectivity index (χ4v) is 3.22. The molecule has 0 amide bonds. The Morgan fingerprint density at radius 1 is 1.50 bits per heavy atom. The van der Waals surface area contributed by atoms with Crippen LogP contribution in [-0.4, -0.2) is 18.1 Å². The molecule has 0 bridgehead atoms. The molecule has 16 heavy (non-hydrogen) atoms. The quantitative estimate of drug-likeness (QED) is 0.770. The summed E-state index contributed by atoms with van der Waals surface area (Å²) in [6.07, 6.45) is 4.51. The van der Waals surface area contributed by atoms with Crippen molar-refractivity contribution < 1.29 is 8.42 Å². The van der Waals surface area contributed by atoms with Gasteiger partial charge in [0, 0.05) is 23.1 Å². The molecule has 1 aromatic heterocycles. The first-order valence-electron chi connectivity index (χ1n) is 4.75. The van der Waals surface area contributed by atoms with Crippen LogP contribution in [0.3, 0.4) is 0 Å². The summed E-state index contributed by atoms with van der Waals surface area (Å²) in [5.41, 5.74) is 1.17. The summed E-state index contributed by atoms with van der Waals surface area (Å²) in [7, 11) is 1.85. The van der Waals surface area contributed by atoms with Crippen molar-refractivity contribution in [1.82, 2.24) is 4.98 Å². The first kappa shape index (κ1) is 11.4. The summed E-state index contributed by atoms with van der Waals surface area (Å²) in [5, 5.41) is 8.70. The molecule has 1 aliphatic rings. The van der Waals surface area contributed by atoms with Crippen molar-refractivity contribution >= 4 is 19.7 Å². The zero-order valence-electron chi connectivity index (χ0n) is 8.35. The second kappa shape index (κ2) is 3.72. The molecule has 84 valence electrons. The zero-order valence-corrected chi connectivity index (χ0v) is 9.92. The average molecular weight is 257 g/mol. The highest BCUT2D eigenvalue weighted by atomic mass is 35.7. The second-order valence-corrected chi connectivity index (χ2v) is 6.95. The summed E-state index contributed by atoms with van der Waals surface area (Å²) in [4.78, 5) is 3.89. The number of nitriles is 1. The number of hydrogen-bond donors (Lipinski definition) is 0. The van der Waals surface area contributed by atoms with Crippen molar-refractivity contribution in [1.29, 1.82) is 5.26 Å². The molecular formula is C10H9ClN2O2S. The normalized spacial score (nSPS) is 17.8. The fourth-order valence-electron chi connectivity index (χ4n) is 1.66. The summed E-state index contributed by atoms with van der Waals surface area (Å²) in [5.74, 6) is 0. The van der Waals surface area contributed by atoms with Crippen LogP contribution in [0.5, 0.6) is 0 Å². The zero-order chi connectivity index (χ0) is 11.8. The third-order valence-corrected chi connectivity index (χ3v) is 5.34. The molecule has 0 saturated heterocycles. The molecule has 1 fully saturated rings. The van der Waals surface area contributed by atoms with Crippen LogP contribution in [0.1, 0.15) is 24.0 Å². The Hall–Kier alpha value is -1.12. The van der Waals surface area contributed by atoms with Crippen LogP contribution in [0.2, 0.25) is 0 Å². The van der Waals surface area contributed by atoms with Gasteiger partial charge in [0.15, 0.2) is 0 Å². The Morgan fingerprint density at radius 2 is 2.19 bits per heavy atom. The molecule has 0 atom stereocenters. The Bertz CT molecular complexity index is 558. The second-order valence-electron chi connectivity index (χ2n) is 3.99. The van der Waals surface area contributed by atoms with Crippen molar-refractivity contribution in [2.45, 2.75) is 24.0 Å². The topological polar surface area (TPSA) is 70.8 Å². The Kier molecular flexibility index (Phi) is 2.64. The van der Waals surface area contributed by atoms with Gasteiger partial charge in [0.25, 0.3) is 0 Å². The van der Waals surface area contributed by atoms with Crippen LogP contribution < -0.4 is 0 Å². The average Bonchev–Trinajstić information content (AvgIpc) is 2.98. The van der Waals surface area contributed by atoms with E-state index < -0.39 is 13.8 Å². The van der Waals surface area contributed by atoms with E-state index in [1.54, 1.807) is 12.3 Å². The Labute approximate surface area is 98.3 Å². The molecular weight excluding hydrogens is 248 g/mol. The number of nitrogens with zero attached hydrogens (tertiary/aromatic N) is 2. The van der Waals surface area contributed by atoms with Crippen molar-refractivity contribution in [3.8, 4) is 6.07 Å². The maximum Gasteiger partial charge on any atom is 0.238 e. The largest absolute Gasteiger partial charge is 0.263 e. The lowest BCUT2D eigenvalue weighted by Crippen LogP contribution is -2.21. The first-order chi connectivity index (χ1) is 7.47. The predicted octanol–water partition coefficient (Wildman–Crippen LogP) is 1.60. The molecule has 1 heterocycles. The van der Waals surface area contributed by atoms with Crippen LogP contribution in [0.15, 0.2) is 18.5 Å². The molecule has 1 saturated carbocycles. The van der Waals surface area contributed by atoms with Crippen molar-refractivity contribution in [2.24, 2.45) is 0 Å². The highest BCUT2D eigenvalue weighted by molar-refractivity contribution is 8.15. The lowest BCUT2D eigenvalue weighted by Gasteiger charge is -2.10. The lowest BCUT2D eigenvalue weighted by atomic mass is 10.1. The van der Waals surface area contributed by atoms with Crippen LogP contribution >= 0.6 is 10.7 Å². The predicted molar refractivity (Wildman–Crippen MR) is 59.4 cm³/mol. The van der Waals surface area contributed by atoms with E-state index in [9.17, 15) is 8.42 Å². The number of halogens is 1. The number of pyridine rings is 1. The van der Waals surface area contributed by atoms with Gasteiger partial charge < -0.3 is 0 Å². The van der Waals surface area contributed by atoms with E-state index in [0.29, 0.717) is 24.8 Å². The van der Waals surface area contributed by atoms with Crippen LogP contribution in [0.4, 0.5) is 0 Å². The van der Waals surface area contributed by atoms with Gasteiger partial charge in [-0.25, -0.2) is 8.42 Å². The van der Waals surface area contributed by atoms with E-state index in [1.165, 1.54) is 6.20 Å². The minimum atomic E-state index is -3.55. The monoisotopic (exact) mass is 256 g/mol. The molecule has 0 aromatic carbocycles. The molecule has 4 nitrogen and oxygen atoms in total. The van der Waals surface area contributed by atoms with Crippen LogP contribution in [0, 0.1) is 11.3 Å². The summed E-state index contributed by atoms with van der Waals surface area (Å²) in [6, 6.07) is 3.62. The third-order valence-electron chi connectivity index (χ3n) is 2.78. The number of rotatable bonds is 3. The maximum atomic E-state index is 11.4. The van der Waals surface area contributed by atoms with Gasteiger partial charge >= 0.3 is 0 Å². The van der Waals surface area contributed by atoms with Gasteiger partial charge in [-0.2, -0.15) is 5.26 Å². The number of aromatic nitrogens is 1. The van der Waals surface area contributed by atoms with E-state index in [4.69, 9.17) is 15.9 Å². The highest BCUT2D eigenvalue weighted by Crippen LogP contribution is 2.48. The molecule has 6 heteroatoms. The molecule has 0 N–H and O–H groups in total.